The fourth-order valence-corrected chi connectivity index (χ4v) is 5.01. The van der Waals surface area contributed by atoms with Crippen molar-refractivity contribution >= 4 is 23.8 Å². The Balaban J connectivity index is 1.56. The molecule has 28 heavy (non-hydrogen) atoms. The van der Waals surface area contributed by atoms with E-state index < -0.39 is 0 Å². The van der Waals surface area contributed by atoms with Gasteiger partial charge in [-0.15, -0.1) is 0 Å². The first-order chi connectivity index (χ1) is 13.6. The van der Waals surface area contributed by atoms with Crippen LogP contribution in [-0.2, 0) is 13.0 Å². The Kier molecular flexibility index (Phi) is 6.59. The van der Waals surface area contributed by atoms with Crippen molar-refractivity contribution in [2.45, 2.75) is 57.9 Å². The molecule has 152 valence electrons. The summed E-state index contributed by atoms with van der Waals surface area (Å²) < 4.78 is 5.47. The van der Waals surface area contributed by atoms with E-state index >= 15 is 0 Å². The number of benzene rings is 1. The molecule has 0 spiro atoms. The molecule has 0 unspecified atom stereocenters. The van der Waals surface area contributed by atoms with Gasteiger partial charge in [0.15, 0.2) is 4.77 Å². The molecule has 2 fully saturated rings. The molecule has 5 heteroatoms. The van der Waals surface area contributed by atoms with E-state index in [9.17, 15) is 0 Å². The van der Waals surface area contributed by atoms with Gasteiger partial charge in [-0.05, 0) is 74.6 Å². The maximum atomic E-state index is 6.12. The summed E-state index contributed by atoms with van der Waals surface area (Å²) in [7, 11) is 2.24. The topological polar surface area (TPSA) is 13.1 Å². The van der Waals surface area contributed by atoms with Crippen LogP contribution in [0.15, 0.2) is 30.5 Å². The molecule has 0 atom stereocenters. The highest BCUT2D eigenvalue weighted by Crippen LogP contribution is 2.30. The van der Waals surface area contributed by atoms with Gasteiger partial charge in [-0.3, -0.25) is 4.57 Å². The highest BCUT2D eigenvalue weighted by molar-refractivity contribution is 7.71. The number of hydrogen-bond donors (Lipinski definition) is 0. The Labute approximate surface area is 179 Å². The van der Waals surface area contributed by atoms with E-state index in [0.29, 0.717) is 0 Å². The molecule has 3 nitrogen and oxygen atoms in total. The number of rotatable bonds is 8. The van der Waals surface area contributed by atoms with Crippen LogP contribution in [0.25, 0.3) is 5.69 Å². The van der Waals surface area contributed by atoms with Crippen LogP contribution in [0.4, 0.5) is 0 Å². The lowest BCUT2D eigenvalue weighted by atomic mass is 9.86. The van der Waals surface area contributed by atoms with Crippen molar-refractivity contribution in [3.63, 3.8) is 0 Å². The molecule has 0 N–H and O–H groups in total. The van der Waals surface area contributed by atoms with Crippen LogP contribution in [0.2, 0.25) is 5.02 Å². The van der Waals surface area contributed by atoms with Crippen molar-refractivity contribution in [2.75, 3.05) is 20.1 Å². The predicted molar refractivity (Wildman–Crippen MR) is 120 cm³/mol. The van der Waals surface area contributed by atoms with E-state index in [2.05, 4.69) is 39.4 Å². The maximum absolute atomic E-state index is 6.12. The number of hydrogen-bond acceptors (Lipinski definition) is 2. The first-order valence-electron chi connectivity index (χ1n) is 10.9. The summed E-state index contributed by atoms with van der Waals surface area (Å²) >= 11 is 12.0. The Morgan fingerprint density at radius 1 is 1.04 bits per heavy atom. The molecule has 1 aromatic carbocycles. The molecule has 2 aliphatic carbocycles. The smallest absolute Gasteiger partial charge is 0.184 e. The van der Waals surface area contributed by atoms with Gasteiger partial charge in [-0.1, -0.05) is 43.7 Å². The Morgan fingerprint density at radius 2 is 1.75 bits per heavy atom. The van der Waals surface area contributed by atoms with Crippen molar-refractivity contribution in [1.82, 2.24) is 14.0 Å². The number of imidazole rings is 1. The fourth-order valence-electron chi connectivity index (χ4n) is 4.51. The molecule has 4 rings (SSSR count). The lowest BCUT2D eigenvalue weighted by molar-refractivity contribution is 0.305. The Morgan fingerprint density at radius 3 is 2.43 bits per heavy atom. The minimum Gasteiger partial charge on any atom is -0.322 e. The van der Waals surface area contributed by atoms with Gasteiger partial charge < -0.3 is 9.47 Å². The summed E-state index contributed by atoms with van der Waals surface area (Å²) in [4.78, 5) is 2.46. The molecule has 0 aliphatic heterocycles. The van der Waals surface area contributed by atoms with Crippen molar-refractivity contribution in [3.8, 4) is 5.69 Å². The Hall–Kier alpha value is -1.10. The summed E-state index contributed by atoms with van der Waals surface area (Å²) in [6.07, 6.45) is 13.1. The van der Waals surface area contributed by atoms with Crippen molar-refractivity contribution in [1.29, 1.82) is 0 Å². The summed E-state index contributed by atoms with van der Waals surface area (Å²) in [5.41, 5.74) is 2.48. The van der Waals surface area contributed by atoms with Crippen LogP contribution in [0.5, 0.6) is 0 Å². The molecule has 2 aromatic rings. The predicted octanol–water partition coefficient (Wildman–Crippen LogP) is 6.13. The van der Waals surface area contributed by atoms with Gasteiger partial charge in [-0.2, -0.15) is 0 Å². The van der Waals surface area contributed by atoms with Crippen LogP contribution in [0.3, 0.4) is 0 Å². The number of likely N-dealkylation sites (N-methyl/N-ethyl adjacent to an activating group) is 1. The second-order valence-corrected chi connectivity index (χ2v) is 9.62. The second kappa shape index (κ2) is 9.15. The van der Waals surface area contributed by atoms with E-state index in [-0.39, 0.29) is 0 Å². The molecule has 0 saturated heterocycles. The molecule has 0 bridgehead atoms. The molecule has 1 heterocycles. The quantitative estimate of drug-likeness (QED) is 0.479. The van der Waals surface area contributed by atoms with Gasteiger partial charge in [0.2, 0.25) is 0 Å². The largest absolute Gasteiger partial charge is 0.322 e. The zero-order chi connectivity index (χ0) is 19.5. The van der Waals surface area contributed by atoms with Gasteiger partial charge in [0.25, 0.3) is 0 Å². The normalized spacial score (nSPS) is 18.1. The summed E-state index contributed by atoms with van der Waals surface area (Å²) in [6, 6.07) is 8.10. The van der Waals surface area contributed by atoms with Crippen LogP contribution in [0, 0.1) is 16.6 Å². The van der Waals surface area contributed by atoms with Gasteiger partial charge in [0.1, 0.15) is 0 Å². The fraction of sp³-hybridized carbons (Fsp3) is 0.609. The van der Waals surface area contributed by atoms with E-state index in [0.717, 1.165) is 46.8 Å². The Bertz CT molecular complexity index is 829. The highest BCUT2D eigenvalue weighted by Gasteiger charge is 2.23. The first kappa shape index (κ1) is 20.2. The van der Waals surface area contributed by atoms with E-state index in [4.69, 9.17) is 23.8 Å². The number of nitrogens with zero attached hydrogens (tertiary/aromatic N) is 3. The zero-order valence-corrected chi connectivity index (χ0v) is 18.5. The monoisotopic (exact) mass is 417 g/mol. The zero-order valence-electron chi connectivity index (χ0n) is 16.9. The third-order valence-electron chi connectivity index (χ3n) is 6.33. The summed E-state index contributed by atoms with van der Waals surface area (Å²) in [5.74, 6) is 1.72. The van der Waals surface area contributed by atoms with Gasteiger partial charge in [0.05, 0.1) is 0 Å². The van der Waals surface area contributed by atoms with E-state index in [1.165, 1.54) is 57.2 Å². The molecular weight excluding hydrogens is 386 g/mol. The minimum atomic E-state index is 0.769. The number of halogens is 1. The minimum absolute atomic E-state index is 0.769. The maximum Gasteiger partial charge on any atom is 0.184 e. The third kappa shape index (κ3) is 5.08. The van der Waals surface area contributed by atoms with Crippen molar-refractivity contribution in [2.24, 2.45) is 11.8 Å². The lowest BCUT2D eigenvalue weighted by Gasteiger charge is -2.22. The summed E-state index contributed by atoms with van der Waals surface area (Å²) in [5, 5.41) is 0.769. The second-order valence-electron chi connectivity index (χ2n) is 8.82. The van der Waals surface area contributed by atoms with E-state index in [1.807, 2.05) is 12.1 Å². The average Bonchev–Trinajstić information content (AvgIpc) is 3.45. The molecular formula is C23H32ClN3S. The highest BCUT2D eigenvalue weighted by atomic mass is 35.5. The van der Waals surface area contributed by atoms with Gasteiger partial charge >= 0.3 is 0 Å². The van der Waals surface area contributed by atoms with Gasteiger partial charge in [0, 0.05) is 42.2 Å². The molecule has 2 aliphatic rings. The standard InChI is InChI=1S/C23H32ClN3S/c1-25(16-19-7-8-19)13-14-26-17-22(15-18-5-3-2-4-6-18)27(23(26)28)21-11-9-20(24)10-12-21/h9-12,17-19H,2-8,13-16H2,1H3. The number of aromatic nitrogens is 2. The van der Waals surface area contributed by atoms with Crippen LogP contribution >= 0.6 is 23.8 Å². The van der Waals surface area contributed by atoms with Crippen LogP contribution in [0.1, 0.15) is 50.6 Å². The SMILES string of the molecule is CN(CCn1cc(CC2CCCCC2)n(-c2ccc(Cl)cc2)c1=S)CC1CC1. The van der Waals surface area contributed by atoms with Crippen molar-refractivity contribution < 1.29 is 0 Å². The molecule has 0 amide bonds. The molecule has 0 radical (unpaired) electrons. The van der Waals surface area contributed by atoms with E-state index in [1.54, 1.807) is 0 Å². The lowest BCUT2D eigenvalue weighted by Crippen LogP contribution is -2.25. The van der Waals surface area contributed by atoms with Crippen molar-refractivity contribution in [3.05, 3.63) is 45.9 Å². The average molecular weight is 418 g/mol. The molecule has 1 aromatic heterocycles. The first-order valence-corrected chi connectivity index (χ1v) is 11.6. The molecule has 2 saturated carbocycles. The summed E-state index contributed by atoms with van der Waals surface area (Å²) in [6.45, 7) is 3.23. The van der Waals surface area contributed by atoms with Crippen LogP contribution in [-0.4, -0.2) is 34.2 Å². The van der Waals surface area contributed by atoms with Gasteiger partial charge in [-0.25, -0.2) is 0 Å². The van der Waals surface area contributed by atoms with Crippen LogP contribution < -0.4 is 0 Å². The third-order valence-corrected chi connectivity index (χ3v) is 6.99.